The number of hydrogen-bond donors (Lipinski definition) is 0. The molecule has 0 spiro atoms. The van der Waals surface area contributed by atoms with Gasteiger partial charge in [0, 0.05) is 16.2 Å². The molecule has 0 radical (unpaired) electrons. The second kappa shape index (κ2) is 3.46. The standard InChI is InChI=1S/C10H9FO2S/c1-12-7-5-8-6(3-4-14-8)9(11)10(7)13-2/h3-5H,1-2H3. The highest BCUT2D eigenvalue weighted by atomic mass is 32.1. The van der Waals surface area contributed by atoms with Crippen molar-refractivity contribution in [3.05, 3.63) is 23.3 Å². The van der Waals surface area contributed by atoms with Crippen molar-refractivity contribution in [3.63, 3.8) is 0 Å². The first-order valence-electron chi connectivity index (χ1n) is 4.05. The summed E-state index contributed by atoms with van der Waals surface area (Å²) in [7, 11) is 2.93. The summed E-state index contributed by atoms with van der Waals surface area (Å²) in [5.74, 6) is 0.237. The van der Waals surface area contributed by atoms with Gasteiger partial charge in [0.15, 0.2) is 17.3 Å². The molecule has 0 saturated carbocycles. The quantitative estimate of drug-likeness (QED) is 0.761. The van der Waals surface area contributed by atoms with E-state index in [9.17, 15) is 4.39 Å². The summed E-state index contributed by atoms with van der Waals surface area (Å²) >= 11 is 1.47. The lowest BCUT2D eigenvalue weighted by Crippen LogP contribution is -1.93. The van der Waals surface area contributed by atoms with E-state index in [1.807, 2.05) is 5.38 Å². The number of thiophene rings is 1. The summed E-state index contributed by atoms with van der Waals surface area (Å²) in [5, 5.41) is 2.42. The molecule has 0 saturated heterocycles. The van der Waals surface area contributed by atoms with Crippen LogP contribution >= 0.6 is 11.3 Å². The fourth-order valence-electron chi connectivity index (χ4n) is 1.37. The summed E-state index contributed by atoms with van der Waals surface area (Å²) in [4.78, 5) is 0. The highest BCUT2D eigenvalue weighted by Crippen LogP contribution is 2.37. The highest BCUT2D eigenvalue weighted by molar-refractivity contribution is 7.17. The number of benzene rings is 1. The molecule has 2 rings (SSSR count). The van der Waals surface area contributed by atoms with Gasteiger partial charge >= 0.3 is 0 Å². The molecule has 74 valence electrons. The van der Waals surface area contributed by atoms with Crippen molar-refractivity contribution in [2.45, 2.75) is 0 Å². The number of halogens is 1. The van der Waals surface area contributed by atoms with Gasteiger partial charge < -0.3 is 9.47 Å². The van der Waals surface area contributed by atoms with Gasteiger partial charge in [-0.15, -0.1) is 11.3 Å². The molecule has 2 aromatic rings. The van der Waals surface area contributed by atoms with E-state index in [0.717, 1.165) is 4.70 Å². The molecule has 1 aromatic heterocycles. The monoisotopic (exact) mass is 212 g/mol. The predicted molar refractivity (Wildman–Crippen MR) is 54.9 cm³/mol. The Labute approximate surface area is 84.9 Å². The third-order valence-corrected chi connectivity index (χ3v) is 2.90. The third-order valence-electron chi connectivity index (χ3n) is 2.04. The van der Waals surface area contributed by atoms with Crippen LogP contribution in [0.1, 0.15) is 0 Å². The highest BCUT2D eigenvalue weighted by Gasteiger charge is 2.14. The van der Waals surface area contributed by atoms with Crippen LogP contribution in [0.25, 0.3) is 10.1 Å². The van der Waals surface area contributed by atoms with Gasteiger partial charge in [-0.3, -0.25) is 0 Å². The van der Waals surface area contributed by atoms with E-state index < -0.39 is 0 Å². The maximum atomic E-state index is 13.8. The van der Waals surface area contributed by atoms with Gasteiger partial charge in [-0.2, -0.15) is 0 Å². The van der Waals surface area contributed by atoms with Crippen molar-refractivity contribution in [2.75, 3.05) is 14.2 Å². The third kappa shape index (κ3) is 1.23. The normalized spacial score (nSPS) is 10.5. The Hall–Kier alpha value is -1.29. The van der Waals surface area contributed by atoms with E-state index >= 15 is 0 Å². The van der Waals surface area contributed by atoms with Crippen LogP contribution < -0.4 is 9.47 Å². The van der Waals surface area contributed by atoms with Crippen LogP contribution in [0, 0.1) is 5.82 Å². The van der Waals surface area contributed by atoms with Crippen molar-refractivity contribution in [1.82, 2.24) is 0 Å². The fourth-order valence-corrected chi connectivity index (χ4v) is 2.18. The molecular weight excluding hydrogens is 203 g/mol. The molecule has 0 unspecified atom stereocenters. The molecular formula is C10H9FO2S. The van der Waals surface area contributed by atoms with Crippen LogP contribution in [0.4, 0.5) is 4.39 Å². The molecule has 0 fully saturated rings. The van der Waals surface area contributed by atoms with Crippen LogP contribution in [-0.2, 0) is 0 Å². The first-order valence-corrected chi connectivity index (χ1v) is 4.93. The molecule has 0 atom stereocenters. The van der Waals surface area contributed by atoms with E-state index in [1.54, 1.807) is 12.1 Å². The minimum Gasteiger partial charge on any atom is -0.493 e. The van der Waals surface area contributed by atoms with Gasteiger partial charge in [0.25, 0.3) is 0 Å². The van der Waals surface area contributed by atoms with Crippen molar-refractivity contribution in [3.8, 4) is 11.5 Å². The second-order valence-electron chi connectivity index (χ2n) is 2.76. The number of rotatable bonds is 2. The number of fused-ring (bicyclic) bond motifs is 1. The topological polar surface area (TPSA) is 18.5 Å². The molecule has 2 nitrogen and oxygen atoms in total. The summed E-state index contributed by atoms with van der Waals surface area (Å²) in [6.07, 6.45) is 0. The smallest absolute Gasteiger partial charge is 0.197 e. The lowest BCUT2D eigenvalue weighted by Gasteiger charge is -2.08. The maximum Gasteiger partial charge on any atom is 0.197 e. The number of hydrogen-bond acceptors (Lipinski definition) is 3. The van der Waals surface area contributed by atoms with Crippen LogP contribution in [0.5, 0.6) is 11.5 Å². The van der Waals surface area contributed by atoms with Crippen LogP contribution in [-0.4, -0.2) is 14.2 Å². The summed E-state index contributed by atoms with van der Waals surface area (Å²) in [6.45, 7) is 0. The summed E-state index contributed by atoms with van der Waals surface area (Å²) < 4.78 is 24.6. The lowest BCUT2D eigenvalue weighted by atomic mass is 10.2. The molecule has 1 heterocycles. The second-order valence-corrected chi connectivity index (χ2v) is 3.71. The largest absolute Gasteiger partial charge is 0.493 e. The Balaban J connectivity index is 2.79. The van der Waals surface area contributed by atoms with Crippen LogP contribution in [0.3, 0.4) is 0 Å². The zero-order valence-corrected chi connectivity index (χ0v) is 8.65. The van der Waals surface area contributed by atoms with Gasteiger partial charge in [-0.05, 0) is 11.4 Å². The van der Waals surface area contributed by atoms with Crippen molar-refractivity contribution in [2.24, 2.45) is 0 Å². The minimum absolute atomic E-state index is 0.165. The molecule has 1 aromatic carbocycles. The molecule has 0 bridgehead atoms. The first kappa shape index (κ1) is 9.27. The molecule has 0 aliphatic rings. The van der Waals surface area contributed by atoms with E-state index in [0.29, 0.717) is 11.1 Å². The van der Waals surface area contributed by atoms with Crippen LogP contribution in [0.2, 0.25) is 0 Å². The zero-order chi connectivity index (χ0) is 10.1. The lowest BCUT2D eigenvalue weighted by molar-refractivity contribution is 0.340. The molecule has 4 heteroatoms. The molecule has 0 amide bonds. The van der Waals surface area contributed by atoms with Gasteiger partial charge in [-0.1, -0.05) is 0 Å². The van der Waals surface area contributed by atoms with Crippen molar-refractivity contribution in [1.29, 1.82) is 0 Å². The Morgan fingerprint density at radius 3 is 2.71 bits per heavy atom. The SMILES string of the molecule is COc1cc2sccc2c(F)c1OC. The predicted octanol–water partition coefficient (Wildman–Crippen LogP) is 3.06. The number of ether oxygens (including phenoxy) is 2. The molecule has 14 heavy (non-hydrogen) atoms. The van der Waals surface area contributed by atoms with Gasteiger partial charge in [0.05, 0.1) is 14.2 Å². The Bertz CT molecular complexity index is 464. The summed E-state index contributed by atoms with van der Waals surface area (Å²) in [6, 6.07) is 3.51. The molecule has 0 N–H and O–H groups in total. The van der Waals surface area contributed by atoms with E-state index in [-0.39, 0.29) is 11.6 Å². The average molecular weight is 212 g/mol. The molecule has 0 aliphatic carbocycles. The van der Waals surface area contributed by atoms with Crippen molar-refractivity contribution >= 4 is 21.4 Å². The van der Waals surface area contributed by atoms with Crippen molar-refractivity contribution < 1.29 is 13.9 Å². The average Bonchev–Trinajstić information content (AvgIpc) is 2.65. The number of methoxy groups -OCH3 is 2. The molecule has 0 aliphatic heterocycles. The van der Waals surface area contributed by atoms with E-state index in [1.165, 1.54) is 25.6 Å². The Kier molecular flexibility index (Phi) is 2.29. The van der Waals surface area contributed by atoms with Gasteiger partial charge in [0.2, 0.25) is 0 Å². The summed E-state index contributed by atoms with van der Waals surface area (Å²) in [5.41, 5.74) is 0. The van der Waals surface area contributed by atoms with E-state index in [4.69, 9.17) is 9.47 Å². The minimum atomic E-state index is -0.358. The maximum absolute atomic E-state index is 13.8. The van der Waals surface area contributed by atoms with Gasteiger partial charge in [-0.25, -0.2) is 4.39 Å². The van der Waals surface area contributed by atoms with E-state index in [2.05, 4.69) is 0 Å². The van der Waals surface area contributed by atoms with Crippen LogP contribution in [0.15, 0.2) is 17.5 Å². The fraction of sp³-hybridized carbons (Fsp3) is 0.200. The first-order chi connectivity index (χ1) is 6.77. The van der Waals surface area contributed by atoms with Gasteiger partial charge in [0.1, 0.15) is 0 Å². The Morgan fingerprint density at radius 2 is 2.07 bits per heavy atom. The Morgan fingerprint density at radius 1 is 1.29 bits per heavy atom. The zero-order valence-electron chi connectivity index (χ0n) is 7.83.